The molecule has 1 heterocycles. The second-order valence-corrected chi connectivity index (χ2v) is 4.06. The fourth-order valence-electron chi connectivity index (χ4n) is 1.71. The Hall–Kier alpha value is -1.59. The predicted octanol–water partition coefficient (Wildman–Crippen LogP) is 0.678. The molecule has 1 amide bonds. The molecule has 1 aliphatic heterocycles. The summed E-state index contributed by atoms with van der Waals surface area (Å²) in [6, 6.07) is 4.97. The van der Waals surface area contributed by atoms with Crippen LogP contribution in [0.25, 0.3) is 0 Å². The Morgan fingerprint density at radius 3 is 2.82 bits per heavy atom. The number of hydrogen-bond donors (Lipinski definition) is 2. The normalized spacial score (nSPS) is 16.8. The number of aromatic hydroxyl groups is 1. The summed E-state index contributed by atoms with van der Waals surface area (Å²) in [7, 11) is 0. The summed E-state index contributed by atoms with van der Waals surface area (Å²) in [5, 5.41) is 11.4. The Bertz CT molecular complexity index is 414. The van der Waals surface area contributed by atoms with E-state index < -0.39 is 0 Å². The Labute approximate surface area is 100.0 Å². The fraction of sp³-hybridized carbons (Fsp3) is 0.417. The summed E-state index contributed by atoms with van der Waals surface area (Å²) in [6.45, 7) is 4.43. The van der Waals surface area contributed by atoms with E-state index in [9.17, 15) is 9.90 Å². The number of ether oxygens (including phenoxy) is 1. The number of amides is 1. The quantitative estimate of drug-likeness (QED) is 0.792. The highest BCUT2D eigenvalue weighted by molar-refractivity contribution is 5.96. The molecule has 0 saturated carbocycles. The molecule has 0 radical (unpaired) electrons. The number of aryl methyl sites for hydroxylation is 1. The molecule has 0 unspecified atom stereocenters. The van der Waals surface area contributed by atoms with Crippen molar-refractivity contribution in [1.29, 1.82) is 0 Å². The Morgan fingerprint density at radius 2 is 2.12 bits per heavy atom. The zero-order chi connectivity index (χ0) is 12.3. The second kappa shape index (κ2) is 5.16. The number of hydrogen-bond acceptors (Lipinski definition) is 4. The number of carbonyl (C=O) groups is 1. The lowest BCUT2D eigenvalue weighted by Gasteiger charge is -2.27. The van der Waals surface area contributed by atoms with Gasteiger partial charge in [-0.3, -0.25) is 10.2 Å². The number of nitrogens with one attached hydrogen (secondary N) is 1. The van der Waals surface area contributed by atoms with E-state index in [0.717, 1.165) is 5.56 Å². The summed E-state index contributed by atoms with van der Waals surface area (Å²) in [5.41, 5.74) is 4.00. The molecule has 1 fully saturated rings. The van der Waals surface area contributed by atoms with E-state index in [2.05, 4.69) is 5.43 Å². The number of phenols is 1. The van der Waals surface area contributed by atoms with Crippen LogP contribution in [0.4, 0.5) is 0 Å². The minimum atomic E-state index is -0.284. The van der Waals surface area contributed by atoms with Crippen molar-refractivity contribution in [2.75, 3.05) is 26.3 Å². The smallest absolute Gasteiger partial charge is 0.269 e. The van der Waals surface area contributed by atoms with Gasteiger partial charge in [-0.15, -0.1) is 0 Å². The SMILES string of the molecule is Cc1ccc(O)c(C(=O)NN2CCOCC2)c1. The zero-order valence-electron chi connectivity index (χ0n) is 9.77. The zero-order valence-corrected chi connectivity index (χ0v) is 9.77. The van der Waals surface area contributed by atoms with Gasteiger partial charge in [0.25, 0.3) is 5.91 Å². The van der Waals surface area contributed by atoms with Gasteiger partial charge in [-0.05, 0) is 19.1 Å². The molecule has 2 rings (SSSR count). The number of morpholine rings is 1. The highest BCUT2D eigenvalue weighted by Crippen LogP contribution is 2.18. The van der Waals surface area contributed by atoms with Gasteiger partial charge >= 0.3 is 0 Å². The number of carbonyl (C=O) groups excluding carboxylic acids is 1. The van der Waals surface area contributed by atoms with E-state index in [-0.39, 0.29) is 11.7 Å². The molecule has 0 spiro atoms. The van der Waals surface area contributed by atoms with Crippen LogP contribution in [0, 0.1) is 6.92 Å². The van der Waals surface area contributed by atoms with Gasteiger partial charge in [0.05, 0.1) is 18.8 Å². The molecule has 1 aromatic carbocycles. The van der Waals surface area contributed by atoms with Crippen molar-refractivity contribution in [3.05, 3.63) is 29.3 Å². The highest BCUT2D eigenvalue weighted by atomic mass is 16.5. The van der Waals surface area contributed by atoms with Gasteiger partial charge < -0.3 is 9.84 Å². The first-order valence-corrected chi connectivity index (χ1v) is 5.60. The third kappa shape index (κ3) is 2.95. The first-order chi connectivity index (χ1) is 8.16. The van der Waals surface area contributed by atoms with E-state index in [0.29, 0.717) is 31.9 Å². The largest absolute Gasteiger partial charge is 0.507 e. The Kier molecular flexibility index (Phi) is 3.61. The third-order valence-corrected chi connectivity index (χ3v) is 2.67. The maximum absolute atomic E-state index is 11.9. The molecule has 92 valence electrons. The van der Waals surface area contributed by atoms with Crippen molar-refractivity contribution in [1.82, 2.24) is 10.4 Å². The Balaban J connectivity index is 2.05. The molecule has 1 aliphatic rings. The van der Waals surface area contributed by atoms with E-state index in [1.807, 2.05) is 6.92 Å². The van der Waals surface area contributed by atoms with Crippen molar-refractivity contribution >= 4 is 5.91 Å². The second-order valence-electron chi connectivity index (χ2n) is 4.06. The van der Waals surface area contributed by atoms with Gasteiger partial charge in [-0.25, -0.2) is 5.01 Å². The van der Waals surface area contributed by atoms with Crippen LogP contribution in [0.3, 0.4) is 0 Å². The van der Waals surface area contributed by atoms with Crippen LogP contribution in [-0.2, 0) is 4.74 Å². The van der Waals surface area contributed by atoms with Crippen molar-refractivity contribution in [2.24, 2.45) is 0 Å². The van der Waals surface area contributed by atoms with Gasteiger partial charge in [-0.2, -0.15) is 0 Å². The van der Waals surface area contributed by atoms with Crippen LogP contribution < -0.4 is 5.43 Å². The Morgan fingerprint density at radius 1 is 1.41 bits per heavy atom. The third-order valence-electron chi connectivity index (χ3n) is 2.67. The summed E-state index contributed by atoms with van der Waals surface area (Å²) >= 11 is 0. The van der Waals surface area contributed by atoms with Crippen molar-refractivity contribution in [3.8, 4) is 5.75 Å². The first kappa shape index (κ1) is 11.9. The van der Waals surface area contributed by atoms with E-state index in [4.69, 9.17) is 4.74 Å². The minimum absolute atomic E-state index is 0.00126. The highest BCUT2D eigenvalue weighted by Gasteiger charge is 2.16. The number of rotatable bonds is 2. The fourth-order valence-corrected chi connectivity index (χ4v) is 1.71. The summed E-state index contributed by atoms with van der Waals surface area (Å²) < 4.78 is 5.19. The molecule has 2 N–H and O–H groups in total. The molecule has 0 atom stereocenters. The number of phenolic OH excluding ortho intramolecular Hbond substituents is 1. The maximum atomic E-state index is 11.9. The van der Waals surface area contributed by atoms with Crippen molar-refractivity contribution < 1.29 is 14.6 Å². The van der Waals surface area contributed by atoms with Crippen LogP contribution in [0.2, 0.25) is 0 Å². The molecular weight excluding hydrogens is 220 g/mol. The standard InChI is InChI=1S/C12H16N2O3/c1-9-2-3-11(15)10(8-9)12(16)13-14-4-6-17-7-5-14/h2-3,8,15H,4-7H2,1H3,(H,13,16). The summed E-state index contributed by atoms with van der Waals surface area (Å²) in [6.07, 6.45) is 0. The molecule has 0 bridgehead atoms. The maximum Gasteiger partial charge on any atom is 0.269 e. The number of hydrazine groups is 1. The van der Waals surface area contributed by atoms with Gasteiger partial charge in [0.2, 0.25) is 0 Å². The van der Waals surface area contributed by atoms with E-state index in [1.54, 1.807) is 17.1 Å². The van der Waals surface area contributed by atoms with Crippen molar-refractivity contribution in [3.63, 3.8) is 0 Å². The molecule has 0 aliphatic carbocycles. The van der Waals surface area contributed by atoms with Crippen LogP contribution in [-0.4, -0.2) is 42.3 Å². The lowest BCUT2D eigenvalue weighted by atomic mass is 10.1. The molecule has 5 heteroatoms. The number of nitrogens with zero attached hydrogens (tertiary/aromatic N) is 1. The summed E-state index contributed by atoms with van der Waals surface area (Å²) in [4.78, 5) is 11.9. The van der Waals surface area contributed by atoms with Crippen LogP contribution in [0.5, 0.6) is 5.75 Å². The average molecular weight is 236 g/mol. The average Bonchev–Trinajstić information content (AvgIpc) is 2.33. The van der Waals surface area contributed by atoms with Crippen molar-refractivity contribution in [2.45, 2.75) is 6.92 Å². The molecular formula is C12H16N2O3. The minimum Gasteiger partial charge on any atom is -0.507 e. The van der Waals surface area contributed by atoms with Crippen LogP contribution >= 0.6 is 0 Å². The molecule has 17 heavy (non-hydrogen) atoms. The van der Waals surface area contributed by atoms with Gasteiger partial charge in [0, 0.05) is 13.1 Å². The predicted molar refractivity (Wildman–Crippen MR) is 62.7 cm³/mol. The van der Waals surface area contributed by atoms with Crippen LogP contribution in [0.1, 0.15) is 15.9 Å². The molecule has 1 saturated heterocycles. The van der Waals surface area contributed by atoms with Crippen LogP contribution in [0.15, 0.2) is 18.2 Å². The number of benzene rings is 1. The monoisotopic (exact) mass is 236 g/mol. The van der Waals surface area contributed by atoms with Gasteiger partial charge in [-0.1, -0.05) is 11.6 Å². The topological polar surface area (TPSA) is 61.8 Å². The van der Waals surface area contributed by atoms with E-state index in [1.165, 1.54) is 6.07 Å². The summed E-state index contributed by atoms with van der Waals surface area (Å²) in [5.74, 6) is -0.283. The van der Waals surface area contributed by atoms with Gasteiger partial charge in [0.15, 0.2) is 0 Å². The lowest BCUT2D eigenvalue weighted by molar-refractivity contribution is 0.0125. The molecule has 0 aromatic heterocycles. The lowest BCUT2D eigenvalue weighted by Crippen LogP contribution is -2.48. The van der Waals surface area contributed by atoms with E-state index >= 15 is 0 Å². The molecule has 1 aromatic rings. The first-order valence-electron chi connectivity index (χ1n) is 5.60. The van der Waals surface area contributed by atoms with Gasteiger partial charge in [0.1, 0.15) is 5.75 Å². The molecule has 5 nitrogen and oxygen atoms in total.